The second-order valence-electron chi connectivity index (χ2n) is 6.12. The Morgan fingerprint density at radius 1 is 1.15 bits per heavy atom. The molecule has 2 aromatic heterocycles. The molecule has 6 nitrogen and oxygen atoms in total. The molecule has 0 fully saturated rings. The number of nitriles is 1. The first kappa shape index (κ1) is 16.0. The summed E-state index contributed by atoms with van der Waals surface area (Å²) in [5, 5.41) is 9.59. The van der Waals surface area contributed by atoms with Gasteiger partial charge < -0.3 is 9.55 Å². The van der Waals surface area contributed by atoms with Gasteiger partial charge in [-0.1, -0.05) is 31.2 Å². The molecule has 0 aliphatic rings. The Morgan fingerprint density at radius 2 is 1.88 bits per heavy atom. The third kappa shape index (κ3) is 2.64. The number of H-pyrrole nitrogens is 1. The molecule has 0 radical (unpaired) electrons. The van der Waals surface area contributed by atoms with Crippen molar-refractivity contribution in [2.24, 2.45) is 0 Å². The molecule has 2 heterocycles. The summed E-state index contributed by atoms with van der Waals surface area (Å²) in [6.45, 7) is 2.10. The van der Waals surface area contributed by atoms with Crippen molar-refractivity contribution in [2.45, 2.75) is 25.8 Å². The highest BCUT2D eigenvalue weighted by Crippen LogP contribution is 2.21. The van der Waals surface area contributed by atoms with Gasteiger partial charge in [-0.05, 0) is 24.3 Å². The molecule has 1 N–H and O–H groups in total. The second-order valence-corrected chi connectivity index (χ2v) is 6.12. The van der Waals surface area contributed by atoms with Gasteiger partial charge in [-0.3, -0.25) is 4.79 Å². The fraction of sp³-hybridized carbons (Fsp3) is 0.200. The number of hydrogen-bond donors (Lipinski definition) is 1. The number of aryl methyl sites for hydroxylation is 1. The van der Waals surface area contributed by atoms with Gasteiger partial charge in [-0.15, -0.1) is 0 Å². The molecule has 0 amide bonds. The molecule has 0 saturated carbocycles. The van der Waals surface area contributed by atoms with Crippen LogP contribution in [0.1, 0.15) is 24.5 Å². The maximum absolute atomic E-state index is 12.9. The van der Waals surface area contributed by atoms with Crippen molar-refractivity contribution in [2.75, 3.05) is 0 Å². The summed E-state index contributed by atoms with van der Waals surface area (Å²) in [5.41, 5.74) is 3.32. The maximum atomic E-state index is 12.9. The first-order chi connectivity index (χ1) is 12.7. The van der Waals surface area contributed by atoms with Crippen LogP contribution in [0.2, 0.25) is 0 Å². The van der Waals surface area contributed by atoms with E-state index in [1.54, 1.807) is 0 Å². The molecule has 0 bridgehead atoms. The Morgan fingerprint density at radius 3 is 2.62 bits per heavy atom. The van der Waals surface area contributed by atoms with E-state index in [0.717, 1.165) is 27.9 Å². The largest absolute Gasteiger partial charge is 0.340 e. The standard InChI is InChI=1S/C20H17N5O/c1-2-19-22-16-9-5-6-10-17(16)25(19)12-18(26)13(11-21)20-23-14-7-3-4-8-15(14)24-20/h3-10,13H,2,12H2,1H3,(H,23,24). The Labute approximate surface area is 150 Å². The lowest BCUT2D eigenvalue weighted by Crippen LogP contribution is -2.20. The molecule has 1 atom stereocenters. The predicted molar refractivity (Wildman–Crippen MR) is 98.6 cm³/mol. The van der Waals surface area contributed by atoms with Crippen molar-refractivity contribution >= 4 is 27.9 Å². The van der Waals surface area contributed by atoms with Gasteiger partial charge >= 0.3 is 0 Å². The Kier molecular flexibility index (Phi) is 3.98. The first-order valence-corrected chi connectivity index (χ1v) is 8.52. The molecule has 4 aromatic rings. The fourth-order valence-electron chi connectivity index (χ4n) is 3.21. The van der Waals surface area contributed by atoms with Crippen molar-refractivity contribution in [3.8, 4) is 6.07 Å². The van der Waals surface area contributed by atoms with E-state index in [2.05, 4.69) is 21.0 Å². The quantitative estimate of drug-likeness (QED) is 0.602. The molecule has 0 spiro atoms. The van der Waals surface area contributed by atoms with E-state index in [0.29, 0.717) is 12.2 Å². The third-order valence-electron chi connectivity index (χ3n) is 4.50. The summed E-state index contributed by atoms with van der Waals surface area (Å²) in [5.74, 6) is 0.0830. The summed E-state index contributed by atoms with van der Waals surface area (Å²) < 4.78 is 1.89. The predicted octanol–water partition coefficient (Wildman–Crippen LogP) is 3.35. The fourth-order valence-corrected chi connectivity index (χ4v) is 3.21. The van der Waals surface area contributed by atoms with E-state index < -0.39 is 5.92 Å². The zero-order valence-electron chi connectivity index (χ0n) is 14.3. The first-order valence-electron chi connectivity index (χ1n) is 8.52. The summed E-state index contributed by atoms with van der Waals surface area (Å²) in [4.78, 5) is 25.0. The maximum Gasteiger partial charge on any atom is 0.177 e. The van der Waals surface area contributed by atoms with E-state index in [4.69, 9.17) is 0 Å². The van der Waals surface area contributed by atoms with Crippen LogP contribution in [0, 0.1) is 11.3 Å². The summed E-state index contributed by atoms with van der Waals surface area (Å²) in [6, 6.07) is 17.3. The smallest absolute Gasteiger partial charge is 0.177 e. The monoisotopic (exact) mass is 343 g/mol. The van der Waals surface area contributed by atoms with Gasteiger partial charge in [-0.2, -0.15) is 5.26 Å². The normalized spacial score (nSPS) is 12.3. The van der Waals surface area contributed by atoms with E-state index in [-0.39, 0.29) is 12.3 Å². The number of ketones is 1. The number of nitrogens with zero attached hydrogens (tertiary/aromatic N) is 4. The number of carbonyl (C=O) groups excluding carboxylic acids is 1. The number of imidazole rings is 2. The second kappa shape index (κ2) is 6.45. The van der Waals surface area contributed by atoms with Crippen molar-refractivity contribution in [1.29, 1.82) is 5.26 Å². The van der Waals surface area contributed by atoms with E-state index in [9.17, 15) is 10.1 Å². The highest BCUT2D eigenvalue weighted by molar-refractivity contribution is 5.90. The molecule has 2 aromatic carbocycles. The molecule has 0 aliphatic heterocycles. The molecular formula is C20H17N5O. The van der Waals surface area contributed by atoms with Gasteiger partial charge in [0.2, 0.25) is 0 Å². The van der Waals surface area contributed by atoms with Gasteiger partial charge in [0.25, 0.3) is 0 Å². The topological polar surface area (TPSA) is 87.4 Å². The van der Waals surface area contributed by atoms with Crippen LogP contribution in [0.4, 0.5) is 0 Å². The number of fused-ring (bicyclic) bond motifs is 2. The van der Waals surface area contributed by atoms with Gasteiger partial charge in [0, 0.05) is 6.42 Å². The number of para-hydroxylation sites is 4. The van der Waals surface area contributed by atoms with E-state index >= 15 is 0 Å². The lowest BCUT2D eigenvalue weighted by molar-refractivity contribution is -0.120. The van der Waals surface area contributed by atoms with Gasteiger partial charge in [-0.25, -0.2) is 9.97 Å². The van der Waals surface area contributed by atoms with Crippen LogP contribution in [0.15, 0.2) is 48.5 Å². The van der Waals surface area contributed by atoms with Gasteiger partial charge in [0.05, 0.1) is 34.7 Å². The number of hydrogen-bond acceptors (Lipinski definition) is 4. The van der Waals surface area contributed by atoms with Gasteiger partial charge in [0.1, 0.15) is 11.6 Å². The number of Topliss-reactive ketones (excluding diaryl/α,β-unsaturated/α-hetero) is 1. The molecule has 4 rings (SSSR count). The van der Waals surface area contributed by atoms with Crippen molar-refractivity contribution in [3.05, 3.63) is 60.2 Å². The minimum absolute atomic E-state index is 0.0962. The molecule has 128 valence electrons. The number of benzene rings is 2. The van der Waals surface area contributed by atoms with Gasteiger partial charge in [0.15, 0.2) is 11.7 Å². The molecule has 26 heavy (non-hydrogen) atoms. The van der Waals surface area contributed by atoms with Crippen LogP contribution >= 0.6 is 0 Å². The summed E-state index contributed by atoms with van der Waals surface area (Å²) in [7, 11) is 0. The highest BCUT2D eigenvalue weighted by atomic mass is 16.1. The van der Waals surface area contributed by atoms with E-state index in [1.807, 2.05) is 60.0 Å². The third-order valence-corrected chi connectivity index (χ3v) is 4.50. The van der Waals surface area contributed by atoms with Crippen molar-refractivity contribution in [3.63, 3.8) is 0 Å². The molecule has 0 saturated heterocycles. The number of carbonyl (C=O) groups is 1. The van der Waals surface area contributed by atoms with Crippen LogP contribution in [0.5, 0.6) is 0 Å². The van der Waals surface area contributed by atoms with Crippen molar-refractivity contribution < 1.29 is 4.79 Å². The van der Waals surface area contributed by atoms with Crippen LogP contribution in [-0.2, 0) is 17.8 Å². The number of rotatable bonds is 5. The Hall–Kier alpha value is -3.46. The SMILES string of the molecule is CCc1nc2ccccc2n1CC(=O)C(C#N)c1nc2ccccc2[nH]1. The lowest BCUT2D eigenvalue weighted by Gasteiger charge is -2.10. The number of aromatic nitrogens is 4. The molecular weight excluding hydrogens is 326 g/mol. The highest BCUT2D eigenvalue weighted by Gasteiger charge is 2.25. The van der Waals surface area contributed by atoms with E-state index in [1.165, 1.54) is 0 Å². The average Bonchev–Trinajstić information content (AvgIpc) is 3.24. The Bertz CT molecular complexity index is 1110. The van der Waals surface area contributed by atoms with Crippen LogP contribution in [0.3, 0.4) is 0 Å². The molecule has 6 heteroatoms. The van der Waals surface area contributed by atoms with Crippen molar-refractivity contribution in [1.82, 2.24) is 19.5 Å². The lowest BCUT2D eigenvalue weighted by atomic mass is 10.1. The van der Waals surface area contributed by atoms with Crippen LogP contribution in [0.25, 0.3) is 22.1 Å². The molecule has 0 aliphatic carbocycles. The minimum Gasteiger partial charge on any atom is -0.340 e. The Balaban J connectivity index is 1.69. The zero-order valence-corrected chi connectivity index (χ0v) is 14.3. The van der Waals surface area contributed by atoms with Crippen LogP contribution < -0.4 is 0 Å². The van der Waals surface area contributed by atoms with Crippen LogP contribution in [-0.4, -0.2) is 25.3 Å². The molecule has 1 unspecified atom stereocenters. The summed E-state index contributed by atoms with van der Waals surface area (Å²) >= 11 is 0. The number of nitrogens with one attached hydrogen (secondary N) is 1. The zero-order chi connectivity index (χ0) is 18.1. The summed E-state index contributed by atoms with van der Waals surface area (Å²) in [6.07, 6.45) is 0.712. The minimum atomic E-state index is -0.937. The average molecular weight is 343 g/mol. The number of aromatic amines is 1.